The summed E-state index contributed by atoms with van der Waals surface area (Å²) in [5.74, 6) is -1.94. The van der Waals surface area contributed by atoms with Gasteiger partial charge in [0.15, 0.2) is 0 Å². The number of phenolic OH excluding ortho intramolecular Hbond substituents is 1. The maximum Gasteiger partial charge on any atom is 0.332 e. The second-order valence-electron chi connectivity index (χ2n) is 8.70. The minimum Gasteiger partial charge on any atom is -0.507 e. The highest BCUT2D eigenvalue weighted by molar-refractivity contribution is 6.06. The van der Waals surface area contributed by atoms with Crippen LogP contribution in [0.1, 0.15) is 77.8 Å². The van der Waals surface area contributed by atoms with Crippen LogP contribution in [0.15, 0.2) is 17.7 Å². The van der Waals surface area contributed by atoms with Gasteiger partial charge in [-0.15, -0.1) is 5.06 Å². The molecule has 2 heterocycles. The van der Waals surface area contributed by atoms with Gasteiger partial charge in [-0.1, -0.05) is 26.7 Å². The lowest BCUT2D eigenvalue weighted by molar-refractivity contribution is -0.197. The SMILES string of the molecule is CCCCCc1cc(O)c2c(c1)OC(C)(C)C(C1CC(=O)N(OC(=O)CC)C1=O)=C2C. The number of hydrogen-bond acceptors (Lipinski definition) is 6. The molecule has 3 rings (SSSR count). The van der Waals surface area contributed by atoms with Crippen molar-refractivity contribution in [2.24, 2.45) is 5.92 Å². The van der Waals surface area contributed by atoms with Gasteiger partial charge in [-0.3, -0.25) is 9.59 Å². The molecule has 1 fully saturated rings. The average molecular weight is 430 g/mol. The Bertz CT molecular complexity index is 946. The molecule has 1 aromatic carbocycles. The summed E-state index contributed by atoms with van der Waals surface area (Å²) in [6.07, 6.45) is 4.06. The zero-order chi connectivity index (χ0) is 22.9. The molecule has 2 aliphatic heterocycles. The first kappa shape index (κ1) is 22.8. The van der Waals surface area contributed by atoms with E-state index in [0.29, 0.717) is 27.5 Å². The molecule has 2 amide bonds. The maximum atomic E-state index is 13.0. The first-order valence-corrected chi connectivity index (χ1v) is 10.9. The quantitative estimate of drug-likeness (QED) is 0.513. The number of phenols is 1. The van der Waals surface area contributed by atoms with Gasteiger partial charge in [-0.2, -0.15) is 0 Å². The fourth-order valence-corrected chi connectivity index (χ4v) is 4.53. The second kappa shape index (κ2) is 8.73. The van der Waals surface area contributed by atoms with Crippen molar-refractivity contribution in [1.82, 2.24) is 5.06 Å². The smallest absolute Gasteiger partial charge is 0.332 e. The highest BCUT2D eigenvalue weighted by atomic mass is 16.7. The fraction of sp³-hybridized carbons (Fsp3) is 0.542. The number of rotatable bonds is 7. The molecule has 7 nitrogen and oxygen atoms in total. The van der Waals surface area contributed by atoms with Gasteiger partial charge in [0.2, 0.25) is 0 Å². The average Bonchev–Trinajstić information content (AvgIpc) is 2.94. The van der Waals surface area contributed by atoms with E-state index in [0.717, 1.165) is 31.2 Å². The van der Waals surface area contributed by atoms with Crippen molar-refractivity contribution in [2.75, 3.05) is 0 Å². The molecular formula is C24H31NO6. The number of amides is 2. The third-order valence-corrected chi connectivity index (χ3v) is 5.94. The van der Waals surface area contributed by atoms with Gasteiger partial charge in [0.05, 0.1) is 11.5 Å². The zero-order valence-electron chi connectivity index (χ0n) is 18.9. The number of carbonyl (C=O) groups is 3. The minimum absolute atomic E-state index is 0.0554. The Kier molecular flexibility index (Phi) is 6.43. The number of hydrogen-bond donors (Lipinski definition) is 1. The van der Waals surface area contributed by atoms with E-state index in [4.69, 9.17) is 9.57 Å². The van der Waals surface area contributed by atoms with E-state index in [-0.39, 0.29) is 18.6 Å². The van der Waals surface area contributed by atoms with Crippen LogP contribution in [0.4, 0.5) is 0 Å². The molecule has 0 radical (unpaired) electrons. The molecule has 1 aromatic rings. The van der Waals surface area contributed by atoms with Crippen LogP contribution in [0.2, 0.25) is 0 Å². The van der Waals surface area contributed by atoms with Gasteiger partial charge in [-0.25, -0.2) is 4.79 Å². The van der Waals surface area contributed by atoms with Crippen molar-refractivity contribution in [3.8, 4) is 11.5 Å². The Balaban J connectivity index is 1.99. The summed E-state index contributed by atoms with van der Waals surface area (Å²) in [6, 6.07) is 3.69. The molecule has 0 saturated carbocycles. The monoisotopic (exact) mass is 429 g/mol. The number of allylic oxidation sites excluding steroid dienone is 1. The molecule has 2 aliphatic rings. The summed E-state index contributed by atoms with van der Waals surface area (Å²) in [7, 11) is 0. The number of hydroxylamine groups is 2. The summed E-state index contributed by atoms with van der Waals surface area (Å²) < 4.78 is 6.26. The predicted molar refractivity (Wildman–Crippen MR) is 115 cm³/mol. The predicted octanol–water partition coefficient (Wildman–Crippen LogP) is 4.31. The Morgan fingerprint density at radius 1 is 1.26 bits per heavy atom. The number of carbonyl (C=O) groups excluding carboxylic acids is 3. The number of benzene rings is 1. The first-order valence-electron chi connectivity index (χ1n) is 10.9. The summed E-state index contributed by atoms with van der Waals surface area (Å²) in [5, 5.41) is 11.3. The van der Waals surface area contributed by atoms with Crippen LogP contribution >= 0.6 is 0 Å². The van der Waals surface area contributed by atoms with Gasteiger partial charge >= 0.3 is 5.97 Å². The van der Waals surface area contributed by atoms with Crippen LogP contribution in [0.25, 0.3) is 5.57 Å². The molecule has 1 N–H and O–H groups in total. The number of nitrogens with zero attached hydrogens (tertiary/aromatic N) is 1. The number of fused-ring (bicyclic) bond motifs is 1. The van der Waals surface area contributed by atoms with Crippen LogP contribution < -0.4 is 4.74 Å². The van der Waals surface area contributed by atoms with Crippen LogP contribution in [-0.2, 0) is 25.6 Å². The Morgan fingerprint density at radius 2 is 1.97 bits per heavy atom. The number of ether oxygens (including phenoxy) is 1. The van der Waals surface area contributed by atoms with Gasteiger partial charge in [-0.05, 0) is 62.5 Å². The van der Waals surface area contributed by atoms with E-state index in [9.17, 15) is 19.5 Å². The molecular weight excluding hydrogens is 398 g/mol. The molecule has 0 spiro atoms. The lowest BCUT2D eigenvalue weighted by Gasteiger charge is -2.38. The van der Waals surface area contributed by atoms with Gasteiger partial charge in [0, 0.05) is 12.8 Å². The Hall–Kier alpha value is -2.83. The Labute approximate surface area is 183 Å². The standard InChI is InChI=1S/C24H31NO6/c1-6-8-9-10-15-11-17(26)21-14(3)22(24(4,5)30-18(21)12-15)16-13-19(27)25(23(16)29)31-20(28)7-2/h11-12,16,26H,6-10,13H2,1-5H3. The summed E-state index contributed by atoms with van der Waals surface area (Å²) >= 11 is 0. The lowest BCUT2D eigenvalue weighted by atomic mass is 9.78. The Morgan fingerprint density at radius 3 is 2.61 bits per heavy atom. The minimum atomic E-state index is -0.878. The first-order chi connectivity index (χ1) is 14.6. The number of aryl methyl sites for hydroxylation is 1. The molecule has 1 atom stereocenters. The van der Waals surface area contributed by atoms with Crippen molar-refractivity contribution >= 4 is 23.4 Å². The van der Waals surface area contributed by atoms with Crippen LogP contribution in [0.5, 0.6) is 11.5 Å². The van der Waals surface area contributed by atoms with E-state index < -0.39 is 29.3 Å². The second-order valence-corrected chi connectivity index (χ2v) is 8.70. The topological polar surface area (TPSA) is 93.1 Å². The van der Waals surface area contributed by atoms with Gasteiger partial charge in [0.25, 0.3) is 11.8 Å². The van der Waals surface area contributed by atoms with E-state index in [1.807, 2.05) is 26.8 Å². The van der Waals surface area contributed by atoms with Gasteiger partial charge < -0.3 is 14.7 Å². The zero-order valence-corrected chi connectivity index (χ0v) is 18.9. The van der Waals surface area contributed by atoms with Crippen molar-refractivity contribution in [2.45, 2.75) is 78.7 Å². The van der Waals surface area contributed by atoms with E-state index in [2.05, 4.69) is 6.92 Å². The summed E-state index contributed by atoms with van der Waals surface area (Å²) in [5.41, 5.74) is 1.98. The summed E-state index contributed by atoms with van der Waals surface area (Å²) in [4.78, 5) is 42.0. The van der Waals surface area contributed by atoms with Crippen molar-refractivity contribution in [3.05, 3.63) is 28.8 Å². The molecule has 0 bridgehead atoms. The number of imide groups is 1. The molecule has 7 heteroatoms. The normalized spacial score (nSPS) is 20.0. The molecule has 0 aromatic heterocycles. The molecule has 0 aliphatic carbocycles. The molecule has 168 valence electrons. The highest BCUT2D eigenvalue weighted by Gasteiger charge is 2.49. The summed E-state index contributed by atoms with van der Waals surface area (Å²) in [6.45, 7) is 9.24. The van der Waals surface area contributed by atoms with Crippen LogP contribution in [-0.4, -0.2) is 33.6 Å². The van der Waals surface area contributed by atoms with Crippen LogP contribution in [0.3, 0.4) is 0 Å². The van der Waals surface area contributed by atoms with Crippen molar-refractivity contribution in [1.29, 1.82) is 0 Å². The fourth-order valence-electron chi connectivity index (χ4n) is 4.53. The molecule has 1 unspecified atom stereocenters. The maximum absolute atomic E-state index is 13.0. The molecule has 31 heavy (non-hydrogen) atoms. The van der Waals surface area contributed by atoms with E-state index in [1.54, 1.807) is 13.0 Å². The van der Waals surface area contributed by atoms with Crippen LogP contribution in [0, 0.1) is 5.92 Å². The largest absolute Gasteiger partial charge is 0.507 e. The third kappa shape index (κ3) is 4.31. The van der Waals surface area contributed by atoms with E-state index in [1.165, 1.54) is 0 Å². The third-order valence-electron chi connectivity index (χ3n) is 5.94. The van der Waals surface area contributed by atoms with Gasteiger partial charge in [0.1, 0.15) is 17.1 Å². The number of unbranched alkanes of at least 4 members (excludes halogenated alkanes) is 2. The molecule has 1 saturated heterocycles. The van der Waals surface area contributed by atoms with Crippen molar-refractivity contribution in [3.63, 3.8) is 0 Å². The van der Waals surface area contributed by atoms with E-state index >= 15 is 0 Å². The lowest BCUT2D eigenvalue weighted by Crippen LogP contribution is -2.41. The number of aromatic hydroxyl groups is 1. The highest BCUT2D eigenvalue weighted by Crippen LogP contribution is 2.49. The van der Waals surface area contributed by atoms with Crippen molar-refractivity contribution < 1.29 is 29.1 Å².